The number of rotatable bonds is 7. The second-order valence-corrected chi connectivity index (χ2v) is 7.24. The summed E-state index contributed by atoms with van der Waals surface area (Å²) in [5.41, 5.74) is 0.569. The largest absolute Gasteiger partial charge is 0.308 e. The van der Waals surface area contributed by atoms with E-state index in [2.05, 4.69) is 15.1 Å². The van der Waals surface area contributed by atoms with Crippen molar-refractivity contribution < 1.29 is 8.42 Å². The Kier molecular flexibility index (Phi) is 5.11. The van der Waals surface area contributed by atoms with Crippen molar-refractivity contribution in [1.29, 1.82) is 0 Å². The van der Waals surface area contributed by atoms with Crippen LogP contribution >= 0.6 is 0 Å². The van der Waals surface area contributed by atoms with E-state index in [1.807, 2.05) is 44.8 Å². The first kappa shape index (κ1) is 16.1. The van der Waals surface area contributed by atoms with Crippen molar-refractivity contribution in [1.82, 2.24) is 19.8 Å². The van der Waals surface area contributed by atoms with Gasteiger partial charge in [0.25, 0.3) is 0 Å². The Morgan fingerprint density at radius 1 is 1.47 bits per heavy atom. The first-order chi connectivity index (χ1) is 8.63. The lowest BCUT2D eigenvalue weighted by Gasteiger charge is -2.27. The Morgan fingerprint density at radius 3 is 2.58 bits per heavy atom. The van der Waals surface area contributed by atoms with E-state index in [4.69, 9.17) is 0 Å². The van der Waals surface area contributed by atoms with Crippen LogP contribution in [0, 0.1) is 0 Å². The molecule has 1 aromatic heterocycles. The molecule has 0 aliphatic rings. The Labute approximate surface area is 115 Å². The van der Waals surface area contributed by atoms with Gasteiger partial charge in [-0.3, -0.25) is 4.68 Å². The highest BCUT2D eigenvalue weighted by Gasteiger charge is 2.22. The van der Waals surface area contributed by atoms with E-state index < -0.39 is 15.6 Å². The lowest BCUT2D eigenvalue weighted by Crippen LogP contribution is -2.50. The summed E-state index contributed by atoms with van der Waals surface area (Å²) in [6.07, 6.45) is 5.00. The predicted octanol–water partition coefficient (Wildman–Crippen LogP) is 0.881. The molecule has 110 valence electrons. The molecule has 0 aliphatic heterocycles. The molecule has 1 unspecified atom stereocenters. The van der Waals surface area contributed by atoms with Crippen molar-refractivity contribution in [3.05, 3.63) is 18.0 Å². The third-order valence-electron chi connectivity index (χ3n) is 2.79. The van der Waals surface area contributed by atoms with Gasteiger partial charge >= 0.3 is 0 Å². The van der Waals surface area contributed by atoms with Crippen LogP contribution in [0.4, 0.5) is 0 Å². The number of hydrogen-bond acceptors (Lipinski definition) is 4. The van der Waals surface area contributed by atoms with Gasteiger partial charge in [-0.05, 0) is 27.7 Å². The van der Waals surface area contributed by atoms with Crippen LogP contribution in [0.2, 0.25) is 0 Å². The van der Waals surface area contributed by atoms with Crippen molar-refractivity contribution in [2.45, 2.75) is 45.8 Å². The van der Waals surface area contributed by atoms with Crippen molar-refractivity contribution in [2.75, 3.05) is 12.8 Å². The van der Waals surface area contributed by atoms with Crippen LogP contribution in [0.15, 0.2) is 12.4 Å². The maximum absolute atomic E-state index is 11.3. The molecule has 1 aromatic rings. The Bertz CT molecular complexity index is 508. The second kappa shape index (κ2) is 6.02. The molecule has 0 saturated carbocycles. The van der Waals surface area contributed by atoms with E-state index in [0.29, 0.717) is 6.54 Å². The fourth-order valence-electron chi connectivity index (χ4n) is 1.84. The van der Waals surface area contributed by atoms with Gasteiger partial charge in [-0.15, -0.1) is 0 Å². The highest BCUT2D eigenvalue weighted by atomic mass is 32.2. The molecule has 0 saturated heterocycles. The number of nitrogens with one attached hydrogen (secondary N) is 2. The van der Waals surface area contributed by atoms with Crippen molar-refractivity contribution in [3.63, 3.8) is 0 Å². The van der Waals surface area contributed by atoms with Crippen LogP contribution < -0.4 is 10.0 Å². The summed E-state index contributed by atoms with van der Waals surface area (Å²) in [4.78, 5) is 0. The molecule has 0 amide bonds. The zero-order valence-corrected chi connectivity index (χ0v) is 13.1. The molecule has 2 N–H and O–H groups in total. The highest BCUT2D eigenvalue weighted by molar-refractivity contribution is 7.88. The van der Waals surface area contributed by atoms with Gasteiger partial charge in [0.2, 0.25) is 10.0 Å². The van der Waals surface area contributed by atoms with Crippen LogP contribution in [0.5, 0.6) is 0 Å². The molecule has 0 bridgehead atoms. The molecule has 6 nitrogen and oxygen atoms in total. The molecule has 0 spiro atoms. The third-order valence-corrected chi connectivity index (χ3v) is 3.71. The molecule has 0 aliphatic carbocycles. The predicted molar refractivity (Wildman–Crippen MR) is 76.4 cm³/mol. The standard InChI is InChI=1S/C12H24N4O2S/c1-6-16-8-11(7-14-16)10(2)13-9-12(3,4)15-19(5,17)18/h7-8,10,13,15H,6,9H2,1-5H3. The van der Waals surface area contributed by atoms with E-state index in [-0.39, 0.29) is 6.04 Å². The minimum Gasteiger partial charge on any atom is -0.308 e. The average Bonchev–Trinajstić information content (AvgIpc) is 2.71. The zero-order valence-electron chi connectivity index (χ0n) is 12.3. The maximum atomic E-state index is 11.3. The monoisotopic (exact) mass is 288 g/mol. The molecule has 1 atom stereocenters. The minimum absolute atomic E-state index is 0.126. The molecule has 1 heterocycles. The van der Waals surface area contributed by atoms with Gasteiger partial charge in [-0.2, -0.15) is 5.10 Å². The smallest absolute Gasteiger partial charge is 0.209 e. The molecule has 7 heteroatoms. The summed E-state index contributed by atoms with van der Waals surface area (Å²) in [5.74, 6) is 0. The first-order valence-corrected chi connectivity index (χ1v) is 8.27. The number of aromatic nitrogens is 2. The minimum atomic E-state index is -3.20. The number of nitrogens with zero attached hydrogens (tertiary/aromatic N) is 2. The quantitative estimate of drug-likeness (QED) is 0.781. The number of aryl methyl sites for hydroxylation is 1. The lowest BCUT2D eigenvalue weighted by molar-refractivity contribution is 0.399. The molecule has 0 fully saturated rings. The Balaban J connectivity index is 2.56. The third kappa shape index (κ3) is 5.71. The van der Waals surface area contributed by atoms with E-state index in [1.54, 1.807) is 0 Å². The molecule has 19 heavy (non-hydrogen) atoms. The summed E-state index contributed by atoms with van der Waals surface area (Å²) in [7, 11) is -3.20. The van der Waals surface area contributed by atoms with Crippen LogP contribution in [0.1, 0.15) is 39.3 Å². The topological polar surface area (TPSA) is 76.0 Å². The number of sulfonamides is 1. The molecular formula is C12H24N4O2S. The summed E-state index contributed by atoms with van der Waals surface area (Å²) in [6.45, 7) is 9.15. The average molecular weight is 288 g/mol. The van der Waals surface area contributed by atoms with Gasteiger partial charge in [-0.25, -0.2) is 13.1 Å². The fourth-order valence-corrected chi connectivity index (χ4v) is 2.92. The number of hydrogen-bond donors (Lipinski definition) is 2. The summed E-state index contributed by atoms with van der Waals surface area (Å²) in [6, 6.07) is 0.126. The summed E-state index contributed by atoms with van der Waals surface area (Å²) in [5, 5.41) is 7.54. The van der Waals surface area contributed by atoms with Crippen LogP contribution in [0.3, 0.4) is 0 Å². The van der Waals surface area contributed by atoms with Crippen LogP contribution in [0.25, 0.3) is 0 Å². The molecule has 1 rings (SSSR count). The normalized spacial score (nSPS) is 14.6. The van der Waals surface area contributed by atoms with Crippen LogP contribution in [-0.2, 0) is 16.6 Å². The van der Waals surface area contributed by atoms with Crippen LogP contribution in [-0.4, -0.2) is 36.5 Å². The Hall–Kier alpha value is -0.920. The second-order valence-electron chi connectivity index (χ2n) is 5.49. The van der Waals surface area contributed by atoms with Gasteiger partial charge in [0.1, 0.15) is 0 Å². The maximum Gasteiger partial charge on any atom is 0.209 e. The molecule has 0 radical (unpaired) electrons. The first-order valence-electron chi connectivity index (χ1n) is 6.37. The Morgan fingerprint density at radius 2 is 2.11 bits per heavy atom. The van der Waals surface area contributed by atoms with Gasteiger partial charge in [0.15, 0.2) is 0 Å². The van der Waals surface area contributed by atoms with Crippen molar-refractivity contribution in [2.24, 2.45) is 0 Å². The summed E-state index contributed by atoms with van der Waals surface area (Å²) < 4.78 is 27.0. The SMILES string of the molecule is CCn1cc(C(C)NCC(C)(C)NS(C)(=O)=O)cn1. The van der Waals surface area contributed by atoms with E-state index in [9.17, 15) is 8.42 Å². The van der Waals surface area contributed by atoms with Gasteiger partial charge < -0.3 is 5.32 Å². The molecular weight excluding hydrogens is 264 g/mol. The summed E-state index contributed by atoms with van der Waals surface area (Å²) >= 11 is 0. The van der Waals surface area contributed by atoms with E-state index >= 15 is 0 Å². The van der Waals surface area contributed by atoms with Gasteiger partial charge in [0, 0.05) is 36.4 Å². The lowest BCUT2D eigenvalue weighted by atomic mass is 10.1. The fraction of sp³-hybridized carbons (Fsp3) is 0.750. The van der Waals surface area contributed by atoms with E-state index in [0.717, 1.165) is 12.1 Å². The highest BCUT2D eigenvalue weighted by Crippen LogP contribution is 2.12. The van der Waals surface area contributed by atoms with Gasteiger partial charge in [-0.1, -0.05) is 0 Å². The van der Waals surface area contributed by atoms with E-state index in [1.165, 1.54) is 6.26 Å². The molecule has 0 aromatic carbocycles. The van der Waals surface area contributed by atoms with Crippen molar-refractivity contribution in [3.8, 4) is 0 Å². The zero-order chi connectivity index (χ0) is 14.7. The van der Waals surface area contributed by atoms with Crippen molar-refractivity contribution >= 4 is 10.0 Å². The van der Waals surface area contributed by atoms with Gasteiger partial charge in [0.05, 0.1) is 12.5 Å².